The maximum Gasteiger partial charge on any atom is 0.319 e. The molecule has 1 saturated heterocycles. The normalized spacial score (nSPS) is 15.7. The van der Waals surface area contributed by atoms with Gasteiger partial charge in [-0.05, 0) is 62.5 Å². The van der Waals surface area contributed by atoms with E-state index in [-0.39, 0.29) is 6.03 Å². The smallest absolute Gasteiger partial charge is 0.319 e. The fourth-order valence-electron chi connectivity index (χ4n) is 3.42. The molecule has 0 aromatic heterocycles. The molecule has 0 unspecified atom stereocenters. The number of rotatable bonds is 6. The van der Waals surface area contributed by atoms with Crippen LogP contribution in [-0.2, 0) is 0 Å². The maximum atomic E-state index is 11.8. The second-order valence-corrected chi connectivity index (χ2v) is 6.63. The molecule has 0 aliphatic carbocycles. The molecule has 4 nitrogen and oxygen atoms in total. The highest BCUT2D eigenvalue weighted by atomic mass is 16.2. The number of hydrogen-bond donors (Lipinski definition) is 2. The molecule has 0 radical (unpaired) electrons. The summed E-state index contributed by atoms with van der Waals surface area (Å²) in [5, 5.41) is 5.77. The summed E-state index contributed by atoms with van der Waals surface area (Å²) in [5.41, 5.74) is 2.30. The summed E-state index contributed by atoms with van der Waals surface area (Å²) in [6, 6.07) is 20.2. The van der Waals surface area contributed by atoms with E-state index in [4.69, 9.17) is 0 Å². The summed E-state index contributed by atoms with van der Waals surface area (Å²) in [6.45, 7) is 4.05. The van der Waals surface area contributed by atoms with E-state index in [1.807, 2.05) is 30.3 Å². The zero-order chi connectivity index (χ0) is 17.3. The Hall–Kier alpha value is -2.33. The monoisotopic (exact) mass is 337 g/mol. The molecule has 1 fully saturated rings. The number of nitrogens with zero attached hydrogens (tertiary/aromatic N) is 1. The molecular formula is C21H27N3O. The molecular weight excluding hydrogens is 310 g/mol. The van der Waals surface area contributed by atoms with Crippen molar-refractivity contribution in [3.8, 4) is 0 Å². The number of urea groups is 1. The van der Waals surface area contributed by atoms with Gasteiger partial charge in [0.1, 0.15) is 0 Å². The Bertz CT molecular complexity index is 637. The zero-order valence-corrected chi connectivity index (χ0v) is 14.7. The van der Waals surface area contributed by atoms with Gasteiger partial charge in [0, 0.05) is 12.2 Å². The van der Waals surface area contributed by atoms with E-state index in [1.54, 1.807) is 0 Å². The predicted octanol–water partition coefficient (Wildman–Crippen LogP) is 4.08. The number of benzene rings is 2. The molecule has 2 aromatic carbocycles. The van der Waals surface area contributed by atoms with Crippen LogP contribution in [0.4, 0.5) is 10.5 Å². The lowest BCUT2D eigenvalue weighted by atomic mass is 9.89. The van der Waals surface area contributed by atoms with Gasteiger partial charge >= 0.3 is 6.03 Å². The quantitative estimate of drug-likeness (QED) is 0.780. The lowest BCUT2D eigenvalue weighted by molar-refractivity contribution is 0.209. The Labute approximate surface area is 150 Å². The van der Waals surface area contributed by atoms with Crippen LogP contribution in [0, 0.1) is 0 Å². The highest BCUT2D eigenvalue weighted by molar-refractivity contribution is 5.89. The van der Waals surface area contributed by atoms with E-state index in [9.17, 15) is 4.79 Å². The van der Waals surface area contributed by atoms with Gasteiger partial charge in [-0.2, -0.15) is 0 Å². The average molecular weight is 337 g/mol. The van der Waals surface area contributed by atoms with Gasteiger partial charge in [0.05, 0.1) is 0 Å². The molecule has 4 heteroatoms. The van der Waals surface area contributed by atoms with Gasteiger partial charge in [0.2, 0.25) is 0 Å². The topological polar surface area (TPSA) is 44.4 Å². The summed E-state index contributed by atoms with van der Waals surface area (Å²) in [7, 11) is 0. The minimum atomic E-state index is -0.131. The molecule has 0 atom stereocenters. The Morgan fingerprint density at radius 1 is 0.960 bits per heavy atom. The van der Waals surface area contributed by atoms with Crippen molar-refractivity contribution in [3.05, 3.63) is 66.2 Å². The minimum Gasteiger partial charge on any atom is -0.338 e. The summed E-state index contributed by atoms with van der Waals surface area (Å²) < 4.78 is 0. The Morgan fingerprint density at radius 2 is 1.60 bits per heavy atom. The van der Waals surface area contributed by atoms with Crippen LogP contribution in [0.25, 0.3) is 0 Å². The first-order valence-corrected chi connectivity index (χ1v) is 9.18. The van der Waals surface area contributed by atoms with E-state index >= 15 is 0 Å². The highest BCUT2D eigenvalue weighted by Crippen LogP contribution is 2.27. The molecule has 1 heterocycles. The Balaban J connectivity index is 1.29. The number of amides is 2. The first-order valence-electron chi connectivity index (χ1n) is 9.18. The molecule has 0 spiro atoms. The Kier molecular flexibility index (Phi) is 6.46. The maximum absolute atomic E-state index is 11.8. The average Bonchev–Trinajstić information content (AvgIpc) is 2.67. The Morgan fingerprint density at radius 3 is 2.28 bits per heavy atom. The van der Waals surface area contributed by atoms with Crippen molar-refractivity contribution >= 4 is 11.7 Å². The molecule has 2 amide bonds. The lowest BCUT2D eigenvalue weighted by Crippen LogP contribution is -2.36. The number of carbonyl (C=O) groups is 1. The largest absolute Gasteiger partial charge is 0.338 e. The fourth-order valence-corrected chi connectivity index (χ4v) is 3.42. The zero-order valence-electron chi connectivity index (χ0n) is 14.7. The van der Waals surface area contributed by atoms with Crippen LogP contribution in [0.3, 0.4) is 0 Å². The number of hydrogen-bond acceptors (Lipinski definition) is 2. The summed E-state index contributed by atoms with van der Waals surface area (Å²) in [4.78, 5) is 14.3. The molecule has 3 rings (SSSR count). The van der Waals surface area contributed by atoms with E-state index in [2.05, 4.69) is 45.9 Å². The van der Waals surface area contributed by atoms with Crippen molar-refractivity contribution in [2.24, 2.45) is 0 Å². The van der Waals surface area contributed by atoms with E-state index in [1.165, 1.54) is 18.4 Å². The van der Waals surface area contributed by atoms with E-state index in [0.717, 1.165) is 31.7 Å². The number of carbonyl (C=O) groups excluding carboxylic acids is 1. The van der Waals surface area contributed by atoms with Crippen LogP contribution in [0.5, 0.6) is 0 Å². The molecule has 132 valence electrons. The first kappa shape index (κ1) is 17.5. The number of piperidine rings is 1. The molecule has 1 aliphatic rings. The summed E-state index contributed by atoms with van der Waals surface area (Å²) in [6.07, 6.45) is 3.44. The molecule has 25 heavy (non-hydrogen) atoms. The summed E-state index contributed by atoms with van der Waals surface area (Å²) >= 11 is 0. The number of nitrogens with one attached hydrogen (secondary N) is 2. The minimum absolute atomic E-state index is 0.131. The predicted molar refractivity (Wildman–Crippen MR) is 103 cm³/mol. The van der Waals surface area contributed by atoms with Crippen molar-refractivity contribution in [3.63, 3.8) is 0 Å². The SMILES string of the molecule is O=C(NCCCN1CCC(c2ccccc2)CC1)Nc1ccccc1. The van der Waals surface area contributed by atoms with Crippen molar-refractivity contribution in [1.29, 1.82) is 0 Å². The second-order valence-electron chi connectivity index (χ2n) is 6.63. The van der Waals surface area contributed by atoms with Gasteiger partial charge in [-0.3, -0.25) is 0 Å². The van der Waals surface area contributed by atoms with Crippen LogP contribution in [0.1, 0.15) is 30.7 Å². The van der Waals surface area contributed by atoms with E-state index in [0.29, 0.717) is 12.5 Å². The summed E-state index contributed by atoms with van der Waals surface area (Å²) in [5.74, 6) is 0.701. The van der Waals surface area contributed by atoms with Crippen LogP contribution < -0.4 is 10.6 Å². The number of para-hydroxylation sites is 1. The van der Waals surface area contributed by atoms with Gasteiger partial charge in [-0.25, -0.2) is 4.79 Å². The third-order valence-electron chi connectivity index (χ3n) is 4.83. The first-order chi connectivity index (χ1) is 12.3. The van der Waals surface area contributed by atoms with Crippen LogP contribution in [-0.4, -0.2) is 37.1 Å². The van der Waals surface area contributed by atoms with Crippen LogP contribution in [0.2, 0.25) is 0 Å². The molecule has 0 bridgehead atoms. The number of likely N-dealkylation sites (tertiary alicyclic amines) is 1. The van der Waals surface area contributed by atoms with Crippen molar-refractivity contribution in [2.45, 2.75) is 25.2 Å². The van der Waals surface area contributed by atoms with E-state index < -0.39 is 0 Å². The van der Waals surface area contributed by atoms with Gasteiger partial charge in [0.15, 0.2) is 0 Å². The number of anilines is 1. The van der Waals surface area contributed by atoms with Crippen molar-refractivity contribution in [1.82, 2.24) is 10.2 Å². The van der Waals surface area contributed by atoms with Gasteiger partial charge in [-0.1, -0.05) is 48.5 Å². The standard InChI is InChI=1S/C21H27N3O/c25-21(23-20-10-5-2-6-11-20)22-14-7-15-24-16-12-19(13-17-24)18-8-3-1-4-9-18/h1-6,8-11,19H,7,12-17H2,(H2,22,23,25). The molecule has 2 N–H and O–H groups in total. The van der Waals surface area contributed by atoms with Gasteiger partial charge in [0.25, 0.3) is 0 Å². The second kappa shape index (κ2) is 9.23. The van der Waals surface area contributed by atoms with Crippen molar-refractivity contribution in [2.75, 3.05) is 31.5 Å². The van der Waals surface area contributed by atoms with Crippen LogP contribution in [0.15, 0.2) is 60.7 Å². The highest BCUT2D eigenvalue weighted by Gasteiger charge is 2.19. The van der Waals surface area contributed by atoms with Gasteiger partial charge in [-0.15, -0.1) is 0 Å². The fraction of sp³-hybridized carbons (Fsp3) is 0.381. The molecule has 1 aliphatic heterocycles. The third kappa shape index (κ3) is 5.61. The molecule has 2 aromatic rings. The van der Waals surface area contributed by atoms with Crippen LogP contribution >= 0.6 is 0 Å². The lowest BCUT2D eigenvalue weighted by Gasteiger charge is -2.32. The van der Waals surface area contributed by atoms with Crippen molar-refractivity contribution < 1.29 is 4.79 Å². The third-order valence-corrected chi connectivity index (χ3v) is 4.83. The molecule has 0 saturated carbocycles. The van der Waals surface area contributed by atoms with Gasteiger partial charge < -0.3 is 15.5 Å².